The Bertz CT molecular complexity index is 1110. The van der Waals surface area contributed by atoms with Gasteiger partial charge in [0.2, 0.25) is 0 Å². The van der Waals surface area contributed by atoms with Gasteiger partial charge in [-0.3, -0.25) is 0 Å². The van der Waals surface area contributed by atoms with E-state index in [-0.39, 0.29) is 0 Å². The first-order chi connectivity index (χ1) is 12.4. The average molecular weight is 338 g/mol. The molecule has 0 saturated carbocycles. The molecule has 0 unspecified atom stereocenters. The highest BCUT2D eigenvalue weighted by molar-refractivity contribution is 7.09. The van der Waals surface area contributed by atoms with Crippen LogP contribution in [0.15, 0.2) is 84.9 Å². The fourth-order valence-electron chi connectivity index (χ4n) is 3.11. The van der Waals surface area contributed by atoms with Crippen molar-refractivity contribution in [2.75, 3.05) is 0 Å². The summed E-state index contributed by atoms with van der Waals surface area (Å²) in [5, 5.41) is 5.86. The number of hydrogen-bond acceptors (Lipinski definition) is 3. The van der Waals surface area contributed by atoms with Crippen molar-refractivity contribution in [1.82, 2.24) is 9.36 Å². The van der Waals surface area contributed by atoms with Crippen molar-refractivity contribution >= 4 is 33.1 Å². The van der Waals surface area contributed by atoms with Crippen LogP contribution in [0, 0.1) is 0 Å². The van der Waals surface area contributed by atoms with E-state index in [0.29, 0.717) is 0 Å². The van der Waals surface area contributed by atoms with Crippen LogP contribution in [-0.4, -0.2) is 9.36 Å². The van der Waals surface area contributed by atoms with Crippen LogP contribution in [0.3, 0.4) is 0 Å². The second-order valence-electron chi connectivity index (χ2n) is 6.05. The summed E-state index contributed by atoms with van der Waals surface area (Å²) in [6.07, 6.45) is 0. The molecular formula is C22H14N2S. The normalized spacial score (nSPS) is 11.2. The number of benzene rings is 4. The molecule has 1 heterocycles. The third-order valence-corrected chi connectivity index (χ3v) is 5.19. The van der Waals surface area contributed by atoms with Gasteiger partial charge in [0.15, 0.2) is 5.82 Å². The molecule has 118 valence electrons. The van der Waals surface area contributed by atoms with E-state index in [4.69, 9.17) is 4.98 Å². The Morgan fingerprint density at radius 2 is 1.12 bits per heavy atom. The van der Waals surface area contributed by atoms with Crippen molar-refractivity contribution in [2.45, 2.75) is 0 Å². The summed E-state index contributed by atoms with van der Waals surface area (Å²) in [7, 11) is 0. The van der Waals surface area contributed by atoms with Crippen molar-refractivity contribution in [3.05, 3.63) is 84.9 Å². The molecule has 5 aromatic rings. The largest absolute Gasteiger partial charge is 0.215 e. The van der Waals surface area contributed by atoms with Gasteiger partial charge in [-0.1, -0.05) is 72.8 Å². The molecule has 3 heteroatoms. The summed E-state index contributed by atoms with van der Waals surface area (Å²) in [6, 6.07) is 29.5. The zero-order valence-electron chi connectivity index (χ0n) is 13.4. The lowest BCUT2D eigenvalue weighted by molar-refractivity contribution is 1.33. The first kappa shape index (κ1) is 14.3. The summed E-state index contributed by atoms with van der Waals surface area (Å²) in [5.74, 6) is 0.791. The van der Waals surface area contributed by atoms with Crippen LogP contribution in [-0.2, 0) is 0 Å². The molecule has 25 heavy (non-hydrogen) atoms. The molecule has 4 aromatic carbocycles. The molecule has 0 spiro atoms. The fourth-order valence-corrected chi connectivity index (χ4v) is 3.79. The van der Waals surface area contributed by atoms with E-state index in [0.717, 1.165) is 22.0 Å². The van der Waals surface area contributed by atoms with Crippen LogP contribution >= 0.6 is 11.5 Å². The van der Waals surface area contributed by atoms with Gasteiger partial charge in [0, 0.05) is 11.1 Å². The summed E-state index contributed by atoms with van der Waals surface area (Å²) in [6.45, 7) is 0. The van der Waals surface area contributed by atoms with Gasteiger partial charge in [-0.15, -0.1) is 0 Å². The molecule has 0 aliphatic carbocycles. The standard InChI is InChI=1S/C22H14N2S/c1-3-7-17-13-19(11-9-15(17)5-1)21-23-22(25-24-21)20-12-10-16-6-2-4-8-18(16)14-20/h1-14H. The Labute approximate surface area is 149 Å². The van der Waals surface area contributed by atoms with Crippen LogP contribution in [0.25, 0.3) is 43.5 Å². The molecule has 0 atom stereocenters. The highest BCUT2D eigenvalue weighted by atomic mass is 32.1. The maximum atomic E-state index is 4.77. The van der Waals surface area contributed by atoms with Crippen LogP contribution in [0.5, 0.6) is 0 Å². The third-order valence-electron chi connectivity index (χ3n) is 4.43. The van der Waals surface area contributed by atoms with E-state index < -0.39 is 0 Å². The van der Waals surface area contributed by atoms with Crippen molar-refractivity contribution in [2.24, 2.45) is 0 Å². The van der Waals surface area contributed by atoms with Gasteiger partial charge in [0.1, 0.15) is 5.01 Å². The highest BCUT2D eigenvalue weighted by Crippen LogP contribution is 2.29. The predicted molar refractivity (Wildman–Crippen MR) is 106 cm³/mol. The second-order valence-corrected chi connectivity index (χ2v) is 6.80. The SMILES string of the molecule is c1ccc2cc(-c3nsc(-c4ccc5ccccc5c4)n3)ccc2c1. The van der Waals surface area contributed by atoms with Crippen LogP contribution in [0.4, 0.5) is 0 Å². The molecule has 0 amide bonds. The number of fused-ring (bicyclic) bond motifs is 2. The van der Waals surface area contributed by atoms with Gasteiger partial charge in [0.25, 0.3) is 0 Å². The molecule has 0 aliphatic rings. The minimum Gasteiger partial charge on any atom is -0.215 e. The van der Waals surface area contributed by atoms with Crippen molar-refractivity contribution in [3.8, 4) is 22.0 Å². The van der Waals surface area contributed by atoms with E-state index in [1.54, 1.807) is 0 Å². The lowest BCUT2D eigenvalue weighted by atomic mass is 10.1. The van der Waals surface area contributed by atoms with Crippen molar-refractivity contribution in [3.63, 3.8) is 0 Å². The van der Waals surface area contributed by atoms with E-state index in [2.05, 4.69) is 89.3 Å². The molecule has 2 nitrogen and oxygen atoms in total. The molecule has 0 aliphatic heterocycles. The molecular weight excluding hydrogens is 324 g/mol. The van der Waals surface area contributed by atoms with Crippen LogP contribution in [0.2, 0.25) is 0 Å². The highest BCUT2D eigenvalue weighted by Gasteiger charge is 2.09. The summed E-state index contributed by atoms with van der Waals surface area (Å²) >= 11 is 1.45. The van der Waals surface area contributed by atoms with Gasteiger partial charge < -0.3 is 0 Å². The molecule has 0 fully saturated rings. The van der Waals surface area contributed by atoms with Crippen LogP contribution < -0.4 is 0 Å². The zero-order chi connectivity index (χ0) is 16.6. The summed E-state index contributed by atoms with van der Waals surface area (Å²) in [4.78, 5) is 4.77. The van der Waals surface area contributed by atoms with Gasteiger partial charge >= 0.3 is 0 Å². The lowest BCUT2D eigenvalue weighted by Gasteiger charge is -2.01. The Morgan fingerprint density at radius 3 is 1.80 bits per heavy atom. The number of aromatic nitrogens is 2. The Morgan fingerprint density at radius 1 is 0.560 bits per heavy atom. The van der Waals surface area contributed by atoms with E-state index in [1.165, 1.54) is 33.1 Å². The molecule has 1 aromatic heterocycles. The Kier molecular flexibility index (Phi) is 3.32. The smallest absolute Gasteiger partial charge is 0.173 e. The van der Waals surface area contributed by atoms with E-state index >= 15 is 0 Å². The molecule has 0 saturated heterocycles. The second kappa shape index (κ2) is 5.80. The first-order valence-electron chi connectivity index (χ1n) is 8.19. The predicted octanol–water partition coefficient (Wildman–Crippen LogP) is 6.18. The fraction of sp³-hybridized carbons (Fsp3) is 0. The molecule has 5 rings (SSSR count). The Balaban J connectivity index is 1.57. The monoisotopic (exact) mass is 338 g/mol. The molecule has 0 bridgehead atoms. The van der Waals surface area contributed by atoms with Gasteiger partial charge in [-0.25, -0.2) is 4.98 Å². The van der Waals surface area contributed by atoms with E-state index in [9.17, 15) is 0 Å². The summed E-state index contributed by atoms with van der Waals surface area (Å²) in [5.41, 5.74) is 2.17. The maximum absolute atomic E-state index is 4.77. The number of rotatable bonds is 2. The molecule has 0 radical (unpaired) electrons. The minimum atomic E-state index is 0.791. The van der Waals surface area contributed by atoms with E-state index in [1.807, 2.05) is 0 Å². The van der Waals surface area contributed by atoms with Gasteiger partial charge in [-0.05, 0) is 45.2 Å². The van der Waals surface area contributed by atoms with Crippen molar-refractivity contribution in [1.29, 1.82) is 0 Å². The van der Waals surface area contributed by atoms with Crippen LogP contribution in [0.1, 0.15) is 0 Å². The third kappa shape index (κ3) is 2.59. The van der Waals surface area contributed by atoms with Crippen molar-refractivity contribution < 1.29 is 0 Å². The Hall–Kier alpha value is -3.04. The maximum Gasteiger partial charge on any atom is 0.173 e. The molecule has 0 N–H and O–H groups in total. The first-order valence-corrected chi connectivity index (χ1v) is 8.96. The lowest BCUT2D eigenvalue weighted by Crippen LogP contribution is -1.82. The quantitative estimate of drug-likeness (QED) is 0.384. The van der Waals surface area contributed by atoms with Gasteiger partial charge in [-0.2, -0.15) is 4.37 Å². The number of hydrogen-bond donors (Lipinski definition) is 0. The zero-order valence-corrected chi connectivity index (χ0v) is 14.2. The minimum absolute atomic E-state index is 0.791. The van der Waals surface area contributed by atoms with Gasteiger partial charge in [0.05, 0.1) is 0 Å². The topological polar surface area (TPSA) is 25.8 Å². The average Bonchev–Trinajstić information content (AvgIpc) is 3.17. The summed E-state index contributed by atoms with van der Waals surface area (Å²) < 4.78 is 4.58. The number of nitrogens with zero attached hydrogens (tertiary/aromatic N) is 2.